The van der Waals surface area contributed by atoms with Crippen molar-refractivity contribution in [3.63, 3.8) is 0 Å². The van der Waals surface area contributed by atoms with E-state index in [1.807, 2.05) is 42.5 Å². The molecule has 8 nitrogen and oxygen atoms in total. The molecule has 4 rings (SSSR count). The van der Waals surface area contributed by atoms with Crippen LogP contribution in [0.4, 0.5) is 5.95 Å². The Balaban J connectivity index is 1.83. The number of tetrazole rings is 1. The number of methoxy groups -OCH3 is 2. The average molecular weight is 428 g/mol. The van der Waals surface area contributed by atoms with Crippen molar-refractivity contribution in [1.82, 2.24) is 20.6 Å². The van der Waals surface area contributed by atoms with Crippen molar-refractivity contribution in [1.29, 1.82) is 0 Å². The van der Waals surface area contributed by atoms with E-state index < -0.39 is 0 Å². The molecule has 0 spiro atoms. The van der Waals surface area contributed by atoms with Gasteiger partial charge in [0.2, 0.25) is 0 Å². The van der Waals surface area contributed by atoms with Crippen molar-refractivity contribution in [2.45, 2.75) is 16.4 Å². The van der Waals surface area contributed by atoms with E-state index in [1.54, 1.807) is 14.2 Å². The number of ether oxygens (including phenoxy) is 2. The van der Waals surface area contributed by atoms with Crippen molar-refractivity contribution in [3.8, 4) is 5.75 Å². The predicted molar refractivity (Wildman–Crippen MR) is 112 cm³/mol. The van der Waals surface area contributed by atoms with E-state index in [0.29, 0.717) is 11.5 Å². The van der Waals surface area contributed by atoms with Crippen LogP contribution >= 0.6 is 23.1 Å². The minimum absolute atomic E-state index is 0.126. The van der Waals surface area contributed by atoms with E-state index >= 15 is 0 Å². The van der Waals surface area contributed by atoms with E-state index in [2.05, 4.69) is 25.9 Å². The number of nitrogens with one attached hydrogen (secondary N) is 2. The molecular formula is C19H17N5O3S2. The van der Waals surface area contributed by atoms with Crippen molar-refractivity contribution in [3.05, 3.63) is 52.9 Å². The van der Waals surface area contributed by atoms with Gasteiger partial charge in [-0.25, -0.2) is 0 Å². The van der Waals surface area contributed by atoms with Gasteiger partial charge in [-0.3, -0.25) is 10.1 Å². The average Bonchev–Trinajstić information content (AvgIpc) is 3.36. The highest BCUT2D eigenvalue weighted by Crippen LogP contribution is 2.44. The Hall–Kier alpha value is -2.95. The summed E-state index contributed by atoms with van der Waals surface area (Å²) in [4.78, 5) is 15.4. The number of carbonyl (C=O) groups excluding carboxylic acids is 1. The van der Waals surface area contributed by atoms with E-state index in [9.17, 15) is 4.79 Å². The van der Waals surface area contributed by atoms with Crippen LogP contribution in [0, 0.1) is 0 Å². The molecule has 10 heteroatoms. The summed E-state index contributed by atoms with van der Waals surface area (Å²) in [7, 11) is 3.26. The Morgan fingerprint density at radius 2 is 2.07 bits per heavy atom. The number of benzene rings is 2. The molecular weight excluding hydrogens is 410 g/mol. The molecule has 2 heterocycles. The van der Waals surface area contributed by atoms with Gasteiger partial charge in [0.05, 0.1) is 13.7 Å². The molecule has 2 N–H and O–H groups in total. The SMILES string of the molecule is COCc1cc2sc(C(=O)Nc3nn[nH]n3)c(Sc3ccccc3)c2cc1OC. The van der Waals surface area contributed by atoms with Crippen LogP contribution in [-0.4, -0.2) is 40.8 Å². The highest BCUT2D eigenvalue weighted by Gasteiger charge is 2.22. The van der Waals surface area contributed by atoms with Crippen LogP contribution in [0.15, 0.2) is 52.3 Å². The summed E-state index contributed by atoms with van der Waals surface area (Å²) in [6.07, 6.45) is 0. The molecule has 0 aliphatic rings. The molecule has 1 amide bonds. The molecule has 0 bridgehead atoms. The summed E-state index contributed by atoms with van der Waals surface area (Å²) in [5, 5.41) is 17.0. The number of H-pyrrole nitrogens is 1. The second-order valence-electron chi connectivity index (χ2n) is 5.96. The minimum atomic E-state index is -0.293. The first-order chi connectivity index (χ1) is 14.2. The van der Waals surface area contributed by atoms with Crippen molar-refractivity contribution >= 4 is 45.0 Å². The van der Waals surface area contributed by atoms with Gasteiger partial charge < -0.3 is 9.47 Å². The fourth-order valence-corrected chi connectivity index (χ4v) is 5.18. The molecule has 0 aliphatic heterocycles. The summed E-state index contributed by atoms with van der Waals surface area (Å²) >= 11 is 2.93. The lowest BCUT2D eigenvalue weighted by atomic mass is 10.1. The number of anilines is 1. The van der Waals surface area contributed by atoms with Gasteiger partial charge in [0, 0.05) is 32.6 Å². The lowest BCUT2D eigenvalue weighted by Crippen LogP contribution is -2.12. The Morgan fingerprint density at radius 3 is 2.76 bits per heavy atom. The number of fused-ring (bicyclic) bond motifs is 1. The maximum absolute atomic E-state index is 13.0. The zero-order valence-corrected chi connectivity index (χ0v) is 17.3. The highest BCUT2D eigenvalue weighted by atomic mass is 32.2. The Kier molecular flexibility index (Phi) is 5.74. The first-order valence-electron chi connectivity index (χ1n) is 8.59. The zero-order valence-electron chi connectivity index (χ0n) is 15.6. The number of aromatic nitrogens is 4. The fourth-order valence-electron chi connectivity index (χ4n) is 2.83. The summed E-state index contributed by atoms with van der Waals surface area (Å²) in [6, 6.07) is 13.9. The minimum Gasteiger partial charge on any atom is -0.496 e. The van der Waals surface area contributed by atoms with Crippen molar-refractivity contribution in [2.75, 3.05) is 19.5 Å². The third-order valence-electron chi connectivity index (χ3n) is 4.09. The van der Waals surface area contributed by atoms with Crippen LogP contribution in [0.1, 0.15) is 15.2 Å². The molecule has 0 radical (unpaired) electrons. The van der Waals surface area contributed by atoms with Gasteiger partial charge in [-0.15, -0.1) is 16.4 Å². The number of carbonyl (C=O) groups is 1. The first-order valence-corrected chi connectivity index (χ1v) is 10.2. The number of amides is 1. The molecule has 0 atom stereocenters. The summed E-state index contributed by atoms with van der Waals surface area (Å²) in [6.45, 7) is 0.419. The third kappa shape index (κ3) is 4.09. The van der Waals surface area contributed by atoms with Crippen LogP contribution in [0.2, 0.25) is 0 Å². The largest absolute Gasteiger partial charge is 0.496 e. The van der Waals surface area contributed by atoms with E-state index in [0.717, 1.165) is 31.2 Å². The maximum atomic E-state index is 13.0. The van der Waals surface area contributed by atoms with Crippen LogP contribution in [0.3, 0.4) is 0 Å². The number of rotatable bonds is 7. The van der Waals surface area contributed by atoms with E-state index in [-0.39, 0.29) is 11.9 Å². The molecule has 2 aromatic carbocycles. The number of hydrogen-bond acceptors (Lipinski definition) is 8. The number of hydrogen-bond donors (Lipinski definition) is 2. The number of aromatic amines is 1. The summed E-state index contributed by atoms with van der Waals surface area (Å²) in [5.41, 5.74) is 0.921. The van der Waals surface area contributed by atoms with E-state index in [1.165, 1.54) is 23.1 Å². The Bertz CT molecular complexity index is 1130. The molecule has 0 saturated heterocycles. The molecule has 2 aromatic heterocycles. The van der Waals surface area contributed by atoms with Crippen molar-refractivity contribution in [2.24, 2.45) is 0 Å². The monoisotopic (exact) mass is 427 g/mol. The highest BCUT2D eigenvalue weighted by molar-refractivity contribution is 7.99. The molecule has 0 fully saturated rings. The lowest BCUT2D eigenvalue weighted by molar-refractivity contribution is 0.102. The third-order valence-corrected chi connectivity index (χ3v) is 6.50. The van der Waals surface area contributed by atoms with Crippen LogP contribution in [0.5, 0.6) is 5.75 Å². The van der Waals surface area contributed by atoms with E-state index in [4.69, 9.17) is 9.47 Å². The van der Waals surface area contributed by atoms with Crippen molar-refractivity contribution < 1.29 is 14.3 Å². The standard InChI is InChI=1S/C19H17N5O3S2/c1-26-10-11-8-15-13(9-14(11)27-2)16(28-12-6-4-3-5-7-12)17(29-15)18(25)20-19-21-23-24-22-19/h3-9H,10H2,1-2H3,(H2,20,21,22,23,24,25). The van der Waals surface area contributed by atoms with Crippen LogP contribution in [-0.2, 0) is 11.3 Å². The van der Waals surface area contributed by atoms with Gasteiger partial charge in [-0.05, 0) is 29.5 Å². The van der Waals surface area contributed by atoms with Crippen LogP contribution < -0.4 is 10.1 Å². The number of thiophene rings is 1. The smallest absolute Gasteiger partial charge is 0.270 e. The topological polar surface area (TPSA) is 102 Å². The normalized spacial score (nSPS) is 11.0. The molecule has 29 heavy (non-hydrogen) atoms. The number of nitrogens with zero attached hydrogens (tertiary/aromatic N) is 3. The van der Waals surface area contributed by atoms with Gasteiger partial charge in [-0.2, -0.15) is 5.21 Å². The second-order valence-corrected chi connectivity index (χ2v) is 8.09. The fraction of sp³-hybridized carbons (Fsp3) is 0.158. The quantitative estimate of drug-likeness (QED) is 0.460. The maximum Gasteiger partial charge on any atom is 0.270 e. The predicted octanol–water partition coefficient (Wildman–Crippen LogP) is 3.97. The lowest BCUT2D eigenvalue weighted by Gasteiger charge is -2.09. The molecule has 148 valence electrons. The Morgan fingerprint density at radius 1 is 1.24 bits per heavy atom. The molecule has 4 aromatic rings. The molecule has 0 saturated carbocycles. The van der Waals surface area contributed by atoms with Gasteiger partial charge in [0.25, 0.3) is 11.9 Å². The van der Waals surface area contributed by atoms with Gasteiger partial charge >= 0.3 is 0 Å². The Labute approximate surface area is 174 Å². The van der Waals surface area contributed by atoms with Gasteiger partial charge in [0.15, 0.2) is 0 Å². The van der Waals surface area contributed by atoms with Gasteiger partial charge in [-0.1, -0.05) is 35.1 Å². The summed E-state index contributed by atoms with van der Waals surface area (Å²) < 4.78 is 11.8. The zero-order chi connectivity index (χ0) is 20.2. The molecule has 0 unspecified atom stereocenters. The second kappa shape index (κ2) is 8.60. The first kappa shape index (κ1) is 19.4. The van der Waals surface area contributed by atoms with Gasteiger partial charge in [0.1, 0.15) is 10.6 Å². The molecule has 0 aliphatic carbocycles. The summed E-state index contributed by atoms with van der Waals surface area (Å²) in [5.74, 6) is 0.552. The van der Waals surface area contributed by atoms with Crippen LogP contribution in [0.25, 0.3) is 10.1 Å².